The van der Waals surface area contributed by atoms with Crippen LogP contribution in [0.5, 0.6) is 34.5 Å². The lowest BCUT2D eigenvalue weighted by molar-refractivity contribution is -0.242. The average Bonchev–Trinajstić information content (AvgIpc) is 2.77. The molecule has 0 saturated carbocycles. The quantitative estimate of drug-likeness (QED) is 0.257. The summed E-state index contributed by atoms with van der Waals surface area (Å²) in [6.07, 6.45) is -6.40. The first kappa shape index (κ1) is 22.5. The summed E-state index contributed by atoms with van der Waals surface area (Å²) in [5.74, 6) is -3.58. The van der Waals surface area contributed by atoms with E-state index in [1.54, 1.807) is 0 Å². The maximum Gasteiger partial charge on any atom is 0.239 e. The standard InChI is InChI=1S/C21H20O12/c1-30-19-10(24)5-12-13(15(19)27)16(28)20(33-21-17(29)14(26)11(25)6-31-21)18(32-12)7-2-3-8(22)9(23)4-7/h2-5,11,14,17,21-27,29H,6H2,1H3/t11-,14-,17-,21+/m1/s1. The van der Waals surface area contributed by atoms with Crippen molar-refractivity contribution < 1.29 is 54.4 Å². The Kier molecular flexibility index (Phi) is 5.68. The highest BCUT2D eigenvalue weighted by molar-refractivity contribution is 5.91. The Hall–Kier alpha value is -3.71. The van der Waals surface area contributed by atoms with Crippen LogP contribution < -0.4 is 14.9 Å². The Morgan fingerprint density at radius 3 is 2.33 bits per heavy atom. The second-order valence-electron chi connectivity index (χ2n) is 7.31. The molecular formula is C21H20O12. The van der Waals surface area contributed by atoms with Gasteiger partial charge in [0.1, 0.15) is 29.3 Å². The molecule has 12 heteroatoms. The third-order valence-corrected chi connectivity index (χ3v) is 5.18. The molecule has 0 unspecified atom stereocenters. The second-order valence-corrected chi connectivity index (χ2v) is 7.31. The third kappa shape index (κ3) is 3.74. The number of ether oxygens (including phenoxy) is 3. The number of hydrogen-bond acceptors (Lipinski definition) is 12. The lowest BCUT2D eigenvalue weighted by Gasteiger charge is -2.34. The van der Waals surface area contributed by atoms with Crippen LogP contribution in [0.3, 0.4) is 0 Å². The van der Waals surface area contributed by atoms with E-state index in [0.717, 1.165) is 25.3 Å². The zero-order valence-electron chi connectivity index (χ0n) is 17.0. The Balaban J connectivity index is 1.96. The predicted molar refractivity (Wildman–Crippen MR) is 110 cm³/mol. The summed E-state index contributed by atoms with van der Waals surface area (Å²) in [4.78, 5) is 13.4. The number of hydrogen-bond donors (Lipinski definition) is 7. The SMILES string of the molecule is COc1c(O)cc2oc(-c3ccc(O)c(O)c3)c(O[C@@H]3OC[C@@H](O)[C@@H](O)[C@H]3O)c(=O)c2c1O. The second kappa shape index (κ2) is 8.33. The largest absolute Gasteiger partial charge is 0.504 e. The molecule has 7 N–H and O–H groups in total. The molecule has 1 fully saturated rings. The molecule has 0 aliphatic carbocycles. The molecule has 3 aromatic rings. The zero-order valence-corrected chi connectivity index (χ0v) is 17.0. The maximum absolute atomic E-state index is 13.4. The predicted octanol–water partition coefficient (Wildman–Crippen LogP) is 0.109. The van der Waals surface area contributed by atoms with Crippen molar-refractivity contribution in [3.05, 3.63) is 34.5 Å². The van der Waals surface area contributed by atoms with E-state index >= 15 is 0 Å². The molecule has 4 rings (SSSR count). The summed E-state index contributed by atoms with van der Waals surface area (Å²) in [5, 5.41) is 69.4. The Bertz CT molecular complexity index is 1270. The van der Waals surface area contributed by atoms with Gasteiger partial charge in [-0.15, -0.1) is 0 Å². The molecule has 1 aliphatic heterocycles. The van der Waals surface area contributed by atoms with Gasteiger partial charge in [0.25, 0.3) is 0 Å². The van der Waals surface area contributed by atoms with Gasteiger partial charge in [-0.3, -0.25) is 4.79 Å². The number of benzene rings is 2. The molecule has 2 aromatic carbocycles. The van der Waals surface area contributed by atoms with Crippen LogP contribution in [0.1, 0.15) is 0 Å². The van der Waals surface area contributed by atoms with E-state index in [1.165, 1.54) is 6.07 Å². The van der Waals surface area contributed by atoms with Gasteiger partial charge in [-0.25, -0.2) is 0 Å². The van der Waals surface area contributed by atoms with Crippen molar-refractivity contribution in [2.45, 2.75) is 24.6 Å². The maximum atomic E-state index is 13.4. The van der Waals surface area contributed by atoms with E-state index in [9.17, 15) is 40.5 Å². The monoisotopic (exact) mass is 464 g/mol. The first-order chi connectivity index (χ1) is 15.6. The zero-order chi connectivity index (χ0) is 24.0. The van der Waals surface area contributed by atoms with Gasteiger partial charge in [-0.2, -0.15) is 0 Å². The Morgan fingerprint density at radius 1 is 0.939 bits per heavy atom. The molecule has 176 valence electrons. The normalized spacial score (nSPS) is 22.9. The summed E-state index contributed by atoms with van der Waals surface area (Å²) in [7, 11) is 1.16. The summed E-state index contributed by atoms with van der Waals surface area (Å²) < 4.78 is 21.3. The number of methoxy groups -OCH3 is 1. The average molecular weight is 464 g/mol. The fourth-order valence-electron chi connectivity index (χ4n) is 3.45. The van der Waals surface area contributed by atoms with Crippen molar-refractivity contribution in [3.8, 4) is 45.8 Å². The van der Waals surface area contributed by atoms with Gasteiger partial charge in [0.2, 0.25) is 23.2 Å². The number of phenols is 4. The van der Waals surface area contributed by atoms with Gasteiger partial charge in [0.15, 0.2) is 28.8 Å². The summed E-state index contributed by atoms with van der Waals surface area (Å²) in [6.45, 7) is -0.413. The molecule has 0 spiro atoms. The molecule has 0 radical (unpaired) electrons. The molecule has 2 heterocycles. The highest BCUT2D eigenvalue weighted by Gasteiger charge is 2.40. The molecule has 12 nitrogen and oxygen atoms in total. The minimum Gasteiger partial charge on any atom is -0.504 e. The van der Waals surface area contributed by atoms with Gasteiger partial charge in [0.05, 0.1) is 13.7 Å². The lowest BCUT2D eigenvalue weighted by atomic mass is 10.1. The molecule has 33 heavy (non-hydrogen) atoms. The van der Waals surface area contributed by atoms with Crippen LogP contribution in [0.25, 0.3) is 22.3 Å². The van der Waals surface area contributed by atoms with E-state index < -0.39 is 76.5 Å². The number of phenolic OH excluding ortho intramolecular Hbond substituents is 4. The van der Waals surface area contributed by atoms with Crippen LogP contribution in [0.15, 0.2) is 33.5 Å². The number of aromatic hydroxyl groups is 4. The van der Waals surface area contributed by atoms with E-state index in [0.29, 0.717) is 0 Å². The Labute approximate surface area is 184 Å². The minimum absolute atomic E-state index is 0.0416. The molecule has 4 atom stereocenters. The van der Waals surface area contributed by atoms with Crippen LogP contribution in [0.2, 0.25) is 0 Å². The van der Waals surface area contributed by atoms with Crippen LogP contribution in [0, 0.1) is 0 Å². The van der Waals surface area contributed by atoms with E-state index in [-0.39, 0.29) is 16.9 Å². The molecule has 0 amide bonds. The molecule has 1 saturated heterocycles. The summed E-state index contributed by atoms with van der Waals surface area (Å²) >= 11 is 0. The number of aliphatic hydroxyl groups excluding tert-OH is 3. The van der Waals surface area contributed by atoms with Crippen molar-refractivity contribution >= 4 is 11.0 Å². The molecule has 0 bridgehead atoms. The highest BCUT2D eigenvalue weighted by atomic mass is 16.7. The first-order valence-electron chi connectivity index (χ1n) is 9.58. The fourth-order valence-corrected chi connectivity index (χ4v) is 3.45. The molecule has 1 aromatic heterocycles. The lowest BCUT2D eigenvalue weighted by Crippen LogP contribution is -2.55. The third-order valence-electron chi connectivity index (χ3n) is 5.18. The van der Waals surface area contributed by atoms with Crippen LogP contribution in [-0.2, 0) is 4.74 Å². The van der Waals surface area contributed by atoms with E-state index in [1.807, 2.05) is 0 Å². The number of rotatable bonds is 4. The topological polar surface area (TPSA) is 200 Å². The van der Waals surface area contributed by atoms with Crippen LogP contribution >= 0.6 is 0 Å². The minimum atomic E-state index is -1.76. The van der Waals surface area contributed by atoms with Gasteiger partial charge in [0, 0.05) is 11.6 Å². The summed E-state index contributed by atoms with van der Waals surface area (Å²) in [5.41, 5.74) is -1.20. The van der Waals surface area contributed by atoms with Gasteiger partial charge in [-0.1, -0.05) is 0 Å². The van der Waals surface area contributed by atoms with Crippen molar-refractivity contribution in [3.63, 3.8) is 0 Å². The van der Waals surface area contributed by atoms with Crippen molar-refractivity contribution in [2.75, 3.05) is 13.7 Å². The molecule has 1 aliphatic rings. The van der Waals surface area contributed by atoms with Gasteiger partial charge in [-0.05, 0) is 18.2 Å². The van der Waals surface area contributed by atoms with Crippen LogP contribution in [0.4, 0.5) is 0 Å². The van der Waals surface area contributed by atoms with Crippen LogP contribution in [-0.4, -0.2) is 74.1 Å². The number of aliphatic hydroxyl groups is 3. The van der Waals surface area contributed by atoms with E-state index in [2.05, 4.69) is 0 Å². The molecular weight excluding hydrogens is 444 g/mol. The smallest absolute Gasteiger partial charge is 0.239 e. The van der Waals surface area contributed by atoms with Crippen molar-refractivity contribution in [1.82, 2.24) is 0 Å². The van der Waals surface area contributed by atoms with E-state index in [4.69, 9.17) is 18.6 Å². The van der Waals surface area contributed by atoms with Gasteiger partial charge >= 0.3 is 0 Å². The summed E-state index contributed by atoms with van der Waals surface area (Å²) in [6, 6.07) is 4.49. The first-order valence-corrected chi connectivity index (χ1v) is 9.58. The number of fused-ring (bicyclic) bond motifs is 1. The fraction of sp³-hybridized carbons (Fsp3) is 0.286. The Morgan fingerprint density at radius 2 is 1.67 bits per heavy atom. The highest BCUT2D eigenvalue weighted by Crippen LogP contribution is 2.44. The van der Waals surface area contributed by atoms with Crippen molar-refractivity contribution in [1.29, 1.82) is 0 Å². The van der Waals surface area contributed by atoms with Gasteiger partial charge < -0.3 is 54.4 Å². The van der Waals surface area contributed by atoms with Crippen molar-refractivity contribution in [2.24, 2.45) is 0 Å².